The van der Waals surface area contributed by atoms with E-state index in [2.05, 4.69) is 5.32 Å². The Morgan fingerprint density at radius 1 is 1.03 bits per heavy atom. The number of nitro groups is 1. The van der Waals surface area contributed by atoms with Crippen LogP contribution in [0, 0.1) is 10.1 Å². The Morgan fingerprint density at radius 2 is 1.67 bits per heavy atom. The van der Waals surface area contributed by atoms with Crippen molar-refractivity contribution in [2.45, 2.75) is 13.8 Å². The maximum Gasteiger partial charge on any atom is 0.331 e. The predicted octanol–water partition coefficient (Wildman–Crippen LogP) is 3.59. The Kier molecular flexibility index (Phi) is 8.37. The van der Waals surface area contributed by atoms with E-state index in [9.17, 15) is 19.7 Å². The van der Waals surface area contributed by atoms with Crippen LogP contribution in [0.5, 0.6) is 11.5 Å². The molecule has 0 unspecified atom stereocenters. The first-order chi connectivity index (χ1) is 14.4. The second-order valence-corrected chi connectivity index (χ2v) is 5.86. The Hall–Kier alpha value is -3.88. The zero-order chi connectivity index (χ0) is 21.9. The Morgan fingerprint density at radius 3 is 2.30 bits per heavy atom. The molecule has 2 rings (SSSR count). The van der Waals surface area contributed by atoms with Gasteiger partial charge >= 0.3 is 5.97 Å². The second-order valence-electron chi connectivity index (χ2n) is 5.86. The first kappa shape index (κ1) is 22.4. The van der Waals surface area contributed by atoms with Gasteiger partial charge in [-0.05, 0) is 49.8 Å². The van der Waals surface area contributed by atoms with Crippen molar-refractivity contribution < 1.29 is 28.7 Å². The molecule has 0 atom stereocenters. The van der Waals surface area contributed by atoms with E-state index in [0.29, 0.717) is 19.0 Å². The van der Waals surface area contributed by atoms with Gasteiger partial charge in [0.05, 0.1) is 24.2 Å². The van der Waals surface area contributed by atoms with Crippen LogP contribution >= 0.6 is 0 Å². The fourth-order valence-electron chi connectivity index (χ4n) is 2.40. The van der Waals surface area contributed by atoms with Gasteiger partial charge in [-0.15, -0.1) is 0 Å². The molecule has 0 aliphatic rings. The van der Waals surface area contributed by atoms with Crippen LogP contribution < -0.4 is 14.8 Å². The van der Waals surface area contributed by atoms with E-state index in [1.54, 1.807) is 31.2 Å². The van der Waals surface area contributed by atoms with Crippen LogP contribution in [-0.2, 0) is 14.3 Å². The molecule has 0 saturated heterocycles. The van der Waals surface area contributed by atoms with Crippen LogP contribution in [0.1, 0.15) is 19.4 Å². The fraction of sp³-hybridized carbons (Fsp3) is 0.238. The van der Waals surface area contributed by atoms with Crippen molar-refractivity contribution in [2.24, 2.45) is 0 Å². The number of amides is 1. The first-order valence-corrected chi connectivity index (χ1v) is 9.21. The van der Waals surface area contributed by atoms with Gasteiger partial charge < -0.3 is 19.5 Å². The summed E-state index contributed by atoms with van der Waals surface area (Å²) < 4.78 is 15.4. The molecule has 0 aromatic heterocycles. The maximum absolute atomic E-state index is 12.0. The molecule has 1 N–H and O–H groups in total. The van der Waals surface area contributed by atoms with Crippen LogP contribution in [0.3, 0.4) is 0 Å². The lowest BCUT2D eigenvalue weighted by atomic mass is 10.2. The number of carbonyl (C=O) groups is 2. The molecule has 0 saturated carbocycles. The summed E-state index contributed by atoms with van der Waals surface area (Å²) in [4.78, 5) is 34.4. The van der Waals surface area contributed by atoms with E-state index in [1.165, 1.54) is 30.4 Å². The summed E-state index contributed by atoms with van der Waals surface area (Å²) in [5.41, 5.74) is 0.412. The highest BCUT2D eigenvalue weighted by atomic mass is 16.6. The highest BCUT2D eigenvalue weighted by Gasteiger charge is 2.18. The average molecular weight is 414 g/mol. The summed E-state index contributed by atoms with van der Waals surface area (Å²) in [6, 6.07) is 11.1. The summed E-state index contributed by atoms with van der Waals surface area (Å²) in [5.74, 6) is -0.393. The summed E-state index contributed by atoms with van der Waals surface area (Å²) in [6.07, 6.45) is 2.72. The molecule has 0 aliphatic heterocycles. The standard InChI is InChI=1S/C21H22N2O7/c1-3-28-16-8-5-15(6-9-16)7-12-21(25)30-14-20(24)22-18-11-10-17(29-4-2)13-19(18)23(26)27/h5-13H,3-4,14H2,1-2H3,(H,22,24)/b12-7+. The van der Waals surface area contributed by atoms with E-state index in [4.69, 9.17) is 14.2 Å². The van der Waals surface area contributed by atoms with Crippen molar-refractivity contribution in [1.29, 1.82) is 0 Å². The summed E-state index contributed by atoms with van der Waals surface area (Å²) in [7, 11) is 0. The molecule has 30 heavy (non-hydrogen) atoms. The smallest absolute Gasteiger partial charge is 0.331 e. The molecule has 2 aromatic rings. The lowest BCUT2D eigenvalue weighted by Gasteiger charge is -2.08. The average Bonchev–Trinajstić information content (AvgIpc) is 2.73. The van der Waals surface area contributed by atoms with Crippen molar-refractivity contribution in [1.82, 2.24) is 0 Å². The van der Waals surface area contributed by atoms with Gasteiger partial charge in [0.25, 0.3) is 11.6 Å². The second kappa shape index (κ2) is 11.2. The number of benzene rings is 2. The third kappa shape index (κ3) is 6.93. The number of carbonyl (C=O) groups excluding carboxylic acids is 2. The lowest BCUT2D eigenvalue weighted by Crippen LogP contribution is -2.20. The van der Waals surface area contributed by atoms with Crippen LogP contribution in [0.2, 0.25) is 0 Å². The highest BCUT2D eigenvalue weighted by molar-refractivity contribution is 5.96. The van der Waals surface area contributed by atoms with Crippen molar-refractivity contribution in [3.8, 4) is 11.5 Å². The summed E-state index contributed by atoms with van der Waals surface area (Å²) in [6.45, 7) is 3.96. The Labute approximate surface area is 173 Å². The molecule has 0 aliphatic carbocycles. The monoisotopic (exact) mass is 414 g/mol. The molecule has 9 heteroatoms. The molecule has 1 amide bonds. The molecule has 0 fully saturated rings. The molecule has 9 nitrogen and oxygen atoms in total. The highest BCUT2D eigenvalue weighted by Crippen LogP contribution is 2.29. The fourth-order valence-corrected chi connectivity index (χ4v) is 2.40. The molecule has 0 bridgehead atoms. The minimum atomic E-state index is -0.722. The van der Waals surface area contributed by atoms with E-state index < -0.39 is 23.4 Å². The van der Waals surface area contributed by atoms with Gasteiger partial charge in [-0.3, -0.25) is 14.9 Å². The number of hydrogen-bond donors (Lipinski definition) is 1. The van der Waals surface area contributed by atoms with Gasteiger partial charge in [-0.25, -0.2) is 4.79 Å². The topological polar surface area (TPSA) is 117 Å². The number of nitro benzene ring substituents is 1. The van der Waals surface area contributed by atoms with Gasteiger partial charge in [0.15, 0.2) is 6.61 Å². The SMILES string of the molecule is CCOc1ccc(/C=C/C(=O)OCC(=O)Nc2ccc(OCC)cc2[N+](=O)[O-])cc1. The number of rotatable bonds is 10. The minimum absolute atomic E-state index is 0.0190. The zero-order valence-corrected chi connectivity index (χ0v) is 16.6. The van der Waals surface area contributed by atoms with E-state index in [1.807, 2.05) is 6.92 Å². The lowest BCUT2D eigenvalue weighted by molar-refractivity contribution is -0.384. The number of anilines is 1. The quantitative estimate of drug-likeness (QED) is 0.273. The minimum Gasteiger partial charge on any atom is -0.494 e. The van der Waals surface area contributed by atoms with Crippen LogP contribution in [0.25, 0.3) is 6.08 Å². The van der Waals surface area contributed by atoms with Crippen molar-refractivity contribution in [3.05, 3.63) is 64.2 Å². The molecule has 0 radical (unpaired) electrons. The third-order valence-electron chi connectivity index (χ3n) is 3.70. The number of hydrogen-bond acceptors (Lipinski definition) is 7. The zero-order valence-electron chi connectivity index (χ0n) is 16.6. The van der Waals surface area contributed by atoms with Gasteiger partial charge in [-0.2, -0.15) is 0 Å². The van der Waals surface area contributed by atoms with E-state index >= 15 is 0 Å². The number of esters is 1. The Balaban J connectivity index is 1.89. The number of ether oxygens (including phenoxy) is 3. The maximum atomic E-state index is 12.0. The number of nitrogens with one attached hydrogen (secondary N) is 1. The van der Waals surface area contributed by atoms with Crippen LogP contribution in [-0.4, -0.2) is 36.6 Å². The molecular weight excluding hydrogens is 392 g/mol. The molecule has 158 valence electrons. The predicted molar refractivity (Wildman–Crippen MR) is 110 cm³/mol. The Bertz CT molecular complexity index is 923. The largest absolute Gasteiger partial charge is 0.494 e. The van der Waals surface area contributed by atoms with Crippen LogP contribution in [0.4, 0.5) is 11.4 Å². The van der Waals surface area contributed by atoms with Crippen molar-refractivity contribution in [2.75, 3.05) is 25.1 Å². The van der Waals surface area contributed by atoms with Crippen molar-refractivity contribution >= 4 is 29.3 Å². The van der Waals surface area contributed by atoms with Crippen LogP contribution in [0.15, 0.2) is 48.5 Å². The third-order valence-corrected chi connectivity index (χ3v) is 3.70. The molecule has 2 aromatic carbocycles. The molecule has 0 heterocycles. The van der Waals surface area contributed by atoms with Gasteiger partial charge in [-0.1, -0.05) is 12.1 Å². The van der Waals surface area contributed by atoms with Gasteiger partial charge in [0.1, 0.15) is 17.2 Å². The van der Waals surface area contributed by atoms with Crippen molar-refractivity contribution in [3.63, 3.8) is 0 Å². The summed E-state index contributed by atoms with van der Waals surface area (Å²) >= 11 is 0. The molecular formula is C21H22N2O7. The number of nitrogens with zero attached hydrogens (tertiary/aromatic N) is 1. The normalized spacial score (nSPS) is 10.5. The van der Waals surface area contributed by atoms with E-state index in [0.717, 1.165) is 11.3 Å². The van der Waals surface area contributed by atoms with Gasteiger partial charge in [0, 0.05) is 6.08 Å². The molecule has 0 spiro atoms. The first-order valence-electron chi connectivity index (χ1n) is 9.21. The van der Waals surface area contributed by atoms with Gasteiger partial charge in [0.2, 0.25) is 0 Å². The summed E-state index contributed by atoms with van der Waals surface area (Å²) in [5, 5.41) is 13.6. The van der Waals surface area contributed by atoms with E-state index in [-0.39, 0.29) is 11.4 Å².